The zero-order valence-electron chi connectivity index (χ0n) is 7.94. The third-order valence-corrected chi connectivity index (χ3v) is 2.32. The molecule has 1 aromatic carbocycles. The maximum Gasteiger partial charge on any atom is 0.290 e. The Bertz CT molecular complexity index is 522. The molecule has 0 saturated carbocycles. The van der Waals surface area contributed by atoms with Crippen molar-refractivity contribution in [3.63, 3.8) is 0 Å². The van der Waals surface area contributed by atoms with Crippen molar-refractivity contribution in [3.8, 4) is 11.7 Å². The van der Waals surface area contributed by atoms with Crippen LogP contribution in [0.3, 0.4) is 0 Å². The van der Waals surface area contributed by atoms with E-state index in [9.17, 15) is 9.18 Å². The van der Waals surface area contributed by atoms with Crippen LogP contribution in [0.1, 0.15) is 10.6 Å². The van der Waals surface area contributed by atoms with Gasteiger partial charge in [-0.05, 0) is 24.3 Å². The number of carbonyl (C=O) groups is 1. The molecule has 2 rings (SSSR count). The molecule has 2 aromatic rings. The number of furan rings is 1. The van der Waals surface area contributed by atoms with Gasteiger partial charge in [-0.15, -0.1) is 0 Å². The lowest BCUT2D eigenvalue weighted by Gasteiger charge is -2.03. The van der Waals surface area contributed by atoms with Gasteiger partial charge in [-0.3, -0.25) is 4.79 Å². The van der Waals surface area contributed by atoms with E-state index in [0.29, 0.717) is 10.8 Å². The summed E-state index contributed by atoms with van der Waals surface area (Å²) in [5.41, 5.74) is 0. The van der Waals surface area contributed by atoms with Crippen LogP contribution in [-0.4, -0.2) is 6.29 Å². The fourth-order valence-corrected chi connectivity index (χ4v) is 1.46. The number of benzene rings is 1. The predicted molar refractivity (Wildman–Crippen MR) is 58.3 cm³/mol. The van der Waals surface area contributed by atoms with Crippen molar-refractivity contribution in [1.82, 2.24) is 0 Å². The molecule has 0 bridgehead atoms. The number of ether oxygens (including phenoxy) is 1. The third kappa shape index (κ3) is 2.30. The average Bonchev–Trinajstić information content (AvgIpc) is 2.71. The number of rotatable bonds is 3. The van der Waals surface area contributed by atoms with Crippen molar-refractivity contribution in [1.29, 1.82) is 0 Å². The largest absolute Gasteiger partial charge is 0.423 e. The van der Waals surface area contributed by atoms with Gasteiger partial charge in [0, 0.05) is 10.5 Å². The molecule has 0 saturated heterocycles. The maximum atomic E-state index is 13.3. The maximum absolute atomic E-state index is 13.3. The fraction of sp³-hybridized carbons (Fsp3) is 0. The lowest BCUT2D eigenvalue weighted by atomic mass is 10.3. The summed E-state index contributed by atoms with van der Waals surface area (Å²) in [5.74, 6) is -0.280. The number of carbonyl (C=O) groups excluding carboxylic acids is 1. The van der Waals surface area contributed by atoms with E-state index in [0.717, 1.165) is 0 Å². The summed E-state index contributed by atoms with van der Waals surface area (Å²) < 4.78 is 24.1. The molecule has 0 radical (unpaired) electrons. The molecule has 1 heterocycles. The molecule has 0 spiro atoms. The van der Waals surface area contributed by atoms with Crippen LogP contribution in [0.5, 0.6) is 11.7 Å². The molecule has 16 heavy (non-hydrogen) atoms. The van der Waals surface area contributed by atoms with Crippen LogP contribution in [0.25, 0.3) is 0 Å². The van der Waals surface area contributed by atoms with Crippen LogP contribution < -0.4 is 4.74 Å². The smallest absolute Gasteiger partial charge is 0.290 e. The Morgan fingerprint density at radius 3 is 2.81 bits per heavy atom. The van der Waals surface area contributed by atoms with E-state index in [4.69, 9.17) is 9.15 Å². The van der Waals surface area contributed by atoms with Crippen LogP contribution in [0.2, 0.25) is 0 Å². The first-order valence-electron chi connectivity index (χ1n) is 4.37. The van der Waals surface area contributed by atoms with E-state index in [-0.39, 0.29) is 17.5 Å². The number of hydrogen-bond donors (Lipinski definition) is 0. The molecule has 0 unspecified atom stereocenters. The van der Waals surface area contributed by atoms with E-state index >= 15 is 0 Å². The number of halogens is 2. The monoisotopic (exact) mass is 284 g/mol. The molecular weight excluding hydrogens is 279 g/mol. The van der Waals surface area contributed by atoms with Gasteiger partial charge in [0.2, 0.25) is 0 Å². The average molecular weight is 285 g/mol. The Morgan fingerprint density at radius 1 is 1.31 bits per heavy atom. The normalized spacial score (nSPS) is 10.1. The quantitative estimate of drug-likeness (QED) is 0.805. The van der Waals surface area contributed by atoms with Crippen LogP contribution in [-0.2, 0) is 0 Å². The van der Waals surface area contributed by atoms with Crippen molar-refractivity contribution in [2.45, 2.75) is 0 Å². The Balaban J connectivity index is 2.26. The minimum Gasteiger partial charge on any atom is -0.423 e. The summed E-state index contributed by atoms with van der Waals surface area (Å²) in [6.07, 6.45) is 0.546. The van der Waals surface area contributed by atoms with E-state index < -0.39 is 5.82 Å². The second kappa shape index (κ2) is 4.49. The SMILES string of the molecule is O=Cc1ccc(Oc2cc(Br)ccc2F)o1. The molecule has 0 aliphatic carbocycles. The van der Waals surface area contributed by atoms with Crippen molar-refractivity contribution in [2.75, 3.05) is 0 Å². The minimum absolute atomic E-state index is 0.0289. The predicted octanol–water partition coefficient (Wildman–Crippen LogP) is 3.79. The number of hydrogen-bond acceptors (Lipinski definition) is 3. The first kappa shape index (κ1) is 10.9. The van der Waals surface area contributed by atoms with Gasteiger partial charge in [-0.2, -0.15) is 0 Å². The van der Waals surface area contributed by atoms with E-state index in [2.05, 4.69) is 15.9 Å². The Hall–Kier alpha value is -1.62. The van der Waals surface area contributed by atoms with Crippen LogP contribution >= 0.6 is 15.9 Å². The molecule has 0 aliphatic rings. The Kier molecular flexibility index (Phi) is 3.05. The highest BCUT2D eigenvalue weighted by molar-refractivity contribution is 9.10. The summed E-state index contributed by atoms with van der Waals surface area (Å²) in [6, 6.07) is 7.19. The minimum atomic E-state index is -0.507. The zero-order valence-corrected chi connectivity index (χ0v) is 9.53. The zero-order chi connectivity index (χ0) is 11.5. The van der Waals surface area contributed by atoms with Crippen molar-refractivity contribution in [3.05, 3.63) is 46.4 Å². The highest BCUT2D eigenvalue weighted by Crippen LogP contribution is 2.28. The van der Waals surface area contributed by atoms with Gasteiger partial charge in [-0.25, -0.2) is 4.39 Å². The van der Waals surface area contributed by atoms with Gasteiger partial charge in [-0.1, -0.05) is 15.9 Å². The molecule has 0 fully saturated rings. The topological polar surface area (TPSA) is 39.4 Å². The van der Waals surface area contributed by atoms with E-state index in [1.54, 1.807) is 6.07 Å². The first-order chi connectivity index (χ1) is 7.69. The molecule has 82 valence electrons. The lowest BCUT2D eigenvalue weighted by molar-refractivity contribution is 0.109. The summed E-state index contributed by atoms with van der Waals surface area (Å²) in [6.45, 7) is 0. The van der Waals surface area contributed by atoms with E-state index in [1.165, 1.54) is 24.3 Å². The van der Waals surface area contributed by atoms with Gasteiger partial charge < -0.3 is 9.15 Å². The second-order valence-corrected chi connectivity index (χ2v) is 3.87. The molecule has 0 aliphatic heterocycles. The number of aldehydes is 1. The van der Waals surface area contributed by atoms with Crippen LogP contribution in [0, 0.1) is 5.82 Å². The third-order valence-electron chi connectivity index (χ3n) is 1.82. The van der Waals surface area contributed by atoms with Gasteiger partial charge in [0.25, 0.3) is 5.95 Å². The van der Waals surface area contributed by atoms with Gasteiger partial charge in [0.15, 0.2) is 23.6 Å². The Labute approximate surface area is 99.0 Å². The summed E-state index contributed by atoms with van der Waals surface area (Å²) in [4.78, 5) is 10.4. The van der Waals surface area contributed by atoms with Crippen LogP contribution in [0.4, 0.5) is 4.39 Å². The molecule has 0 N–H and O–H groups in total. The van der Waals surface area contributed by atoms with Crippen molar-refractivity contribution >= 4 is 22.2 Å². The first-order valence-corrected chi connectivity index (χ1v) is 5.16. The molecule has 3 nitrogen and oxygen atoms in total. The highest BCUT2D eigenvalue weighted by atomic mass is 79.9. The Morgan fingerprint density at radius 2 is 2.12 bits per heavy atom. The van der Waals surface area contributed by atoms with Crippen molar-refractivity contribution < 1.29 is 18.3 Å². The molecular formula is C11H6BrFO3. The standard InChI is InChI=1S/C11H6BrFO3/c12-7-1-3-9(13)10(5-7)16-11-4-2-8(6-14)15-11/h1-6H. The molecule has 0 atom stereocenters. The fourth-order valence-electron chi connectivity index (χ4n) is 1.12. The highest BCUT2D eigenvalue weighted by Gasteiger charge is 2.08. The molecule has 0 amide bonds. The molecule has 5 heteroatoms. The summed E-state index contributed by atoms with van der Waals surface area (Å²) >= 11 is 3.20. The van der Waals surface area contributed by atoms with Gasteiger partial charge in [0.1, 0.15) is 0 Å². The molecule has 1 aromatic heterocycles. The van der Waals surface area contributed by atoms with E-state index in [1.807, 2.05) is 0 Å². The second-order valence-electron chi connectivity index (χ2n) is 2.95. The van der Waals surface area contributed by atoms with Gasteiger partial charge in [0.05, 0.1) is 0 Å². The van der Waals surface area contributed by atoms with Gasteiger partial charge >= 0.3 is 0 Å². The van der Waals surface area contributed by atoms with Crippen molar-refractivity contribution in [2.24, 2.45) is 0 Å². The summed E-state index contributed by atoms with van der Waals surface area (Å²) in [5, 5.41) is 0. The lowest BCUT2D eigenvalue weighted by Crippen LogP contribution is -1.86. The summed E-state index contributed by atoms with van der Waals surface area (Å²) in [7, 11) is 0. The van der Waals surface area contributed by atoms with Crippen LogP contribution in [0.15, 0.2) is 39.2 Å².